The van der Waals surface area contributed by atoms with Gasteiger partial charge in [-0.15, -0.1) is 0 Å². The molecule has 0 unspecified atom stereocenters. The van der Waals surface area contributed by atoms with Crippen LogP contribution in [0.5, 0.6) is 0 Å². The molecule has 0 heterocycles. The Morgan fingerprint density at radius 2 is 2.00 bits per heavy atom. The lowest BCUT2D eigenvalue weighted by Gasteiger charge is -2.31. The number of amides is 1. The predicted octanol–water partition coefficient (Wildman–Crippen LogP) is 2.49. The van der Waals surface area contributed by atoms with E-state index < -0.39 is 0 Å². The number of nitrogens with zero attached hydrogens (tertiary/aromatic N) is 1. The van der Waals surface area contributed by atoms with Crippen LogP contribution in [-0.4, -0.2) is 34.9 Å². The zero-order valence-corrected chi connectivity index (χ0v) is 12.0. The maximum Gasteiger partial charge on any atom is 0.219 e. The highest BCUT2D eigenvalue weighted by atomic mass is 32.1. The van der Waals surface area contributed by atoms with Crippen LogP contribution >= 0.6 is 12.2 Å². The number of carbonyl (C=O) groups is 1. The van der Waals surface area contributed by atoms with Crippen LogP contribution in [0.15, 0.2) is 0 Å². The van der Waals surface area contributed by atoms with Gasteiger partial charge >= 0.3 is 0 Å². The standard InChI is InChI=1S/C13H24N2OS/c1-4-12(15(3)10(2)16)13(17)14-11-8-6-5-7-9-11/h11-12H,4-9H2,1-3H3,(H,14,17)/t12-/m0/s1. The van der Waals surface area contributed by atoms with Crippen LogP contribution in [0.4, 0.5) is 0 Å². The van der Waals surface area contributed by atoms with E-state index in [1.807, 2.05) is 7.05 Å². The molecule has 1 amide bonds. The van der Waals surface area contributed by atoms with Crippen LogP contribution < -0.4 is 5.32 Å². The van der Waals surface area contributed by atoms with Crippen molar-refractivity contribution in [1.82, 2.24) is 10.2 Å². The smallest absolute Gasteiger partial charge is 0.219 e. The molecular formula is C13H24N2OS. The Morgan fingerprint density at radius 1 is 1.41 bits per heavy atom. The van der Waals surface area contributed by atoms with Crippen molar-refractivity contribution in [2.45, 2.75) is 64.5 Å². The van der Waals surface area contributed by atoms with Crippen molar-refractivity contribution < 1.29 is 4.79 Å². The van der Waals surface area contributed by atoms with Gasteiger partial charge in [0.25, 0.3) is 0 Å². The van der Waals surface area contributed by atoms with Gasteiger partial charge in [0.2, 0.25) is 5.91 Å². The minimum Gasteiger partial charge on any atom is -0.375 e. The lowest BCUT2D eigenvalue weighted by Crippen LogP contribution is -2.48. The van der Waals surface area contributed by atoms with Crippen molar-refractivity contribution in [2.24, 2.45) is 0 Å². The summed E-state index contributed by atoms with van der Waals surface area (Å²) in [5, 5.41) is 3.44. The Hall–Kier alpha value is -0.640. The third kappa shape index (κ3) is 4.26. The lowest BCUT2D eigenvalue weighted by molar-refractivity contribution is -0.128. The second-order valence-corrected chi connectivity index (χ2v) is 5.34. The molecule has 1 saturated carbocycles. The molecule has 0 aromatic carbocycles. The number of carbonyl (C=O) groups excluding carboxylic acids is 1. The van der Waals surface area contributed by atoms with E-state index in [-0.39, 0.29) is 11.9 Å². The normalized spacial score (nSPS) is 18.5. The van der Waals surface area contributed by atoms with Crippen LogP contribution in [0.1, 0.15) is 52.4 Å². The van der Waals surface area contributed by atoms with E-state index in [9.17, 15) is 4.79 Å². The molecule has 1 aliphatic rings. The molecule has 3 nitrogen and oxygen atoms in total. The van der Waals surface area contributed by atoms with E-state index in [2.05, 4.69) is 12.2 Å². The van der Waals surface area contributed by atoms with Crippen LogP contribution in [0.25, 0.3) is 0 Å². The molecule has 1 aliphatic carbocycles. The first-order valence-electron chi connectivity index (χ1n) is 6.60. The van der Waals surface area contributed by atoms with Gasteiger partial charge in [0, 0.05) is 20.0 Å². The monoisotopic (exact) mass is 256 g/mol. The van der Waals surface area contributed by atoms with Crippen molar-refractivity contribution in [3.05, 3.63) is 0 Å². The fraction of sp³-hybridized carbons (Fsp3) is 0.846. The summed E-state index contributed by atoms with van der Waals surface area (Å²) in [6.45, 7) is 3.66. The summed E-state index contributed by atoms with van der Waals surface area (Å²) in [6, 6.07) is 0.565. The molecule has 4 heteroatoms. The quantitative estimate of drug-likeness (QED) is 0.784. The Bertz CT molecular complexity index is 275. The zero-order valence-electron chi connectivity index (χ0n) is 11.2. The average molecular weight is 256 g/mol. The Balaban J connectivity index is 2.50. The highest BCUT2D eigenvalue weighted by Gasteiger charge is 2.22. The molecule has 0 aromatic heterocycles. The highest BCUT2D eigenvalue weighted by Crippen LogP contribution is 2.18. The number of nitrogens with one attached hydrogen (secondary N) is 1. The molecule has 0 spiro atoms. The van der Waals surface area contributed by atoms with Crippen molar-refractivity contribution in [1.29, 1.82) is 0 Å². The van der Waals surface area contributed by atoms with Gasteiger partial charge in [0.15, 0.2) is 0 Å². The van der Waals surface area contributed by atoms with Crippen molar-refractivity contribution in [2.75, 3.05) is 7.05 Å². The molecule has 98 valence electrons. The summed E-state index contributed by atoms with van der Waals surface area (Å²) >= 11 is 5.45. The minimum absolute atomic E-state index is 0.0458. The summed E-state index contributed by atoms with van der Waals surface area (Å²) in [5.74, 6) is 0.0737. The molecule has 0 saturated heterocycles. The van der Waals surface area contributed by atoms with Gasteiger partial charge in [-0.1, -0.05) is 38.4 Å². The molecule has 17 heavy (non-hydrogen) atoms. The second-order valence-electron chi connectivity index (χ2n) is 4.90. The first-order valence-corrected chi connectivity index (χ1v) is 7.00. The first-order chi connectivity index (χ1) is 8.06. The number of hydrogen-bond acceptors (Lipinski definition) is 2. The van der Waals surface area contributed by atoms with E-state index in [0.717, 1.165) is 11.4 Å². The van der Waals surface area contributed by atoms with Gasteiger partial charge in [-0.25, -0.2) is 0 Å². The number of likely N-dealkylation sites (N-methyl/N-ethyl adjacent to an activating group) is 1. The number of hydrogen-bond donors (Lipinski definition) is 1. The zero-order chi connectivity index (χ0) is 12.8. The topological polar surface area (TPSA) is 32.3 Å². The van der Waals surface area contributed by atoms with Crippen molar-refractivity contribution in [3.8, 4) is 0 Å². The van der Waals surface area contributed by atoms with Crippen molar-refractivity contribution in [3.63, 3.8) is 0 Å². The van der Waals surface area contributed by atoms with E-state index in [4.69, 9.17) is 12.2 Å². The Kier molecular flexibility index (Phi) is 5.89. The number of thiocarbonyl (C=S) groups is 1. The average Bonchev–Trinajstić information content (AvgIpc) is 2.30. The van der Waals surface area contributed by atoms with Gasteiger partial charge in [-0.05, 0) is 19.3 Å². The third-order valence-electron chi connectivity index (χ3n) is 3.61. The van der Waals surface area contributed by atoms with Crippen LogP contribution in [0.3, 0.4) is 0 Å². The van der Waals surface area contributed by atoms with Crippen LogP contribution in [0, 0.1) is 0 Å². The molecule has 0 bridgehead atoms. The Morgan fingerprint density at radius 3 is 2.47 bits per heavy atom. The summed E-state index contributed by atoms with van der Waals surface area (Å²) < 4.78 is 0. The first kappa shape index (κ1) is 14.4. The molecule has 0 radical (unpaired) electrons. The van der Waals surface area contributed by atoms with Gasteiger partial charge < -0.3 is 10.2 Å². The fourth-order valence-corrected chi connectivity index (χ4v) is 2.89. The van der Waals surface area contributed by atoms with Crippen LogP contribution in [0.2, 0.25) is 0 Å². The summed E-state index contributed by atoms with van der Waals surface area (Å²) in [7, 11) is 1.82. The summed E-state index contributed by atoms with van der Waals surface area (Å²) in [5.41, 5.74) is 0. The maximum atomic E-state index is 11.4. The molecular weight excluding hydrogens is 232 g/mol. The predicted molar refractivity (Wildman–Crippen MR) is 75.1 cm³/mol. The maximum absolute atomic E-state index is 11.4. The van der Waals surface area contributed by atoms with Gasteiger partial charge in [-0.2, -0.15) is 0 Å². The van der Waals surface area contributed by atoms with E-state index in [0.29, 0.717) is 6.04 Å². The second kappa shape index (κ2) is 6.94. The fourth-order valence-electron chi connectivity index (χ4n) is 2.40. The molecule has 0 aromatic rings. The van der Waals surface area contributed by atoms with E-state index in [1.165, 1.54) is 32.1 Å². The van der Waals surface area contributed by atoms with E-state index in [1.54, 1.807) is 11.8 Å². The molecule has 1 atom stereocenters. The number of rotatable bonds is 4. The molecule has 1 N–H and O–H groups in total. The summed E-state index contributed by atoms with van der Waals surface area (Å²) in [4.78, 5) is 13.9. The van der Waals surface area contributed by atoms with Crippen LogP contribution in [-0.2, 0) is 4.79 Å². The van der Waals surface area contributed by atoms with Crippen molar-refractivity contribution >= 4 is 23.1 Å². The van der Waals surface area contributed by atoms with Gasteiger partial charge in [0.1, 0.15) is 0 Å². The van der Waals surface area contributed by atoms with Gasteiger partial charge in [0.05, 0.1) is 11.0 Å². The van der Waals surface area contributed by atoms with Gasteiger partial charge in [-0.3, -0.25) is 4.79 Å². The highest BCUT2D eigenvalue weighted by molar-refractivity contribution is 7.80. The molecule has 0 aliphatic heterocycles. The largest absolute Gasteiger partial charge is 0.375 e. The Labute approximate surface area is 110 Å². The molecule has 1 rings (SSSR count). The molecule has 1 fully saturated rings. The lowest BCUT2D eigenvalue weighted by atomic mass is 9.95. The SMILES string of the molecule is CC[C@@H](C(=S)NC1CCCCC1)N(C)C(C)=O. The van der Waals surface area contributed by atoms with E-state index >= 15 is 0 Å². The minimum atomic E-state index is 0.0458. The summed E-state index contributed by atoms with van der Waals surface area (Å²) in [6.07, 6.45) is 7.21. The third-order valence-corrected chi connectivity index (χ3v) is 4.00.